The van der Waals surface area contributed by atoms with Crippen LogP contribution in [-0.4, -0.2) is 10.3 Å². The van der Waals surface area contributed by atoms with Crippen molar-refractivity contribution in [3.63, 3.8) is 0 Å². The summed E-state index contributed by atoms with van der Waals surface area (Å²) in [6, 6.07) is 0. The maximum absolute atomic E-state index is 7.92. The number of allylic oxidation sites excluding steroid dienone is 1. The van der Waals surface area contributed by atoms with E-state index in [4.69, 9.17) is 5.53 Å². The van der Waals surface area contributed by atoms with Gasteiger partial charge in [0.1, 0.15) is 4.95 Å². The van der Waals surface area contributed by atoms with Crippen molar-refractivity contribution in [3.05, 3.63) is 22.6 Å². The predicted octanol–water partition coefficient (Wildman–Crippen LogP) is 2.97. The zero-order chi connectivity index (χ0) is 7.11. The van der Waals surface area contributed by atoms with Crippen molar-refractivity contribution in [2.75, 3.05) is 5.33 Å². The maximum atomic E-state index is 7.92. The quantitative estimate of drug-likeness (QED) is 0.186. The smallest absolute Gasteiger partial charge is 0.0883 e. The molecule has 1 atom stereocenters. The first-order chi connectivity index (χ1) is 4.31. The lowest BCUT2D eigenvalue weighted by atomic mass is 10.5. The Morgan fingerprint density at radius 2 is 2.44 bits per heavy atom. The standard InChI is InChI=1S/C4H5Br2N3/c5-3-1-2-4(6)8-9-7/h1-2,4H,3H2/b2-1+. The van der Waals surface area contributed by atoms with Crippen LogP contribution in [0, 0.1) is 0 Å². The lowest BCUT2D eigenvalue weighted by Gasteiger charge is -1.87. The summed E-state index contributed by atoms with van der Waals surface area (Å²) < 4.78 is 0. The zero-order valence-electron chi connectivity index (χ0n) is 4.54. The van der Waals surface area contributed by atoms with Crippen LogP contribution in [0.1, 0.15) is 0 Å². The van der Waals surface area contributed by atoms with Crippen LogP contribution < -0.4 is 0 Å². The molecular weight excluding hydrogens is 250 g/mol. The van der Waals surface area contributed by atoms with Crippen LogP contribution in [0.4, 0.5) is 0 Å². The van der Waals surface area contributed by atoms with Crippen molar-refractivity contribution in [3.8, 4) is 0 Å². The molecule has 0 aliphatic heterocycles. The molecule has 3 nitrogen and oxygen atoms in total. The molecule has 0 N–H and O–H groups in total. The van der Waals surface area contributed by atoms with Gasteiger partial charge in [0.2, 0.25) is 0 Å². The molecule has 0 amide bonds. The minimum atomic E-state index is -0.222. The van der Waals surface area contributed by atoms with E-state index < -0.39 is 0 Å². The first-order valence-corrected chi connectivity index (χ1v) is 4.26. The molecule has 0 spiro atoms. The first-order valence-electron chi connectivity index (χ1n) is 2.22. The molecule has 0 bridgehead atoms. The summed E-state index contributed by atoms with van der Waals surface area (Å²) in [5, 5.41) is 4.13. The highest BCUT2D eigenvalue weighted by Gasteiger charge is 1.88. The van der Waals surface area contributed by atoms with Crippen molar-refractivity contribution in [1.29, 1.82) is 0 Å². The zero-order valence-corrected chi connectivity index (χ0v) is 7.71. The SMILES string of the molecule is [N-]=[N+]=NC(Br)/C=C/CBr. The van der Waals surface area contributed by atoms with Crippen LogP contribution in [0.25, 0.3) is 10.4 Å². The molecule has 0 saturated carbocycles. The summed E-state index contributed by atoms with van der Waals surface area (Å²) >= 11 is 6.30. The summed E-state index contributed by atoms with van der Waals surface area (Å²) in [6.45, 7) is 0. The summed E-state index contributed by atoms with van der Waals surface area (Å²) in [5.74, 6) is 0. The van der Waals surface area contributed by atoms with E-state index in [0.717, 1.165) is 5.33 Å². The van der Waals surface area contributed by atoms with E-state index in [1.165, 1.54) is 0 Å². The Hall–Kier alpha value is 0.0100. The Labute approximate surface area is 70.0 Å². The molecule has 0 radical (unpaired) electrons. The topological polar surface area (TPSA) is 48.8 Å². The fourth-order valence-corrected chi connectivity index (χ4v) is 0.765. The van der Waals surface area contributed by atoms with Crippen LogP contribution in [-0.2, 0) is 0 Å². The second-order valence-corrected chi connectivity index (χ2v) is 2.75. The Morgan fingerprint density at radius 3 is 2.89 bits per heavy atom. The van der Waals surface area contributed by atoms with E-state index in [-0.39, 0.29) is 4.95 Å². The number of rotatable bonds is 3. The highest BCUT2D eigenvalue weighted by Crippen LogP contribution is 2.02. The molecule has 1 unspecified atom stereocenters. The van der Waals surface area contributed by atoms with Gasteiger partial charge in [-0.15, -0.1) is 0 Å². The van der Waals surface area contributed by atoms with E-state index in [1.54, 1.807) is 6.08 Å². The lowest BCUT2D eigenvalue weighted by Crippen LogP contribution is -1.81. The van der Waals surface area contributed by atoms with Gasteiger partial charge >= 0.3 is 0 Å². The molecule has 0 aromatic heterocycles. The van der Waals surface area contributed by atoms with Gasteiger partial charge in [-0.25, -0.2) is 0 Å². The molecule has 0 saturated heterocycles. The van der Waals surface area contributed by atoms with Crippen molar-refractivity contribution < 1.29 is 0 Å². The average molecular weight is 255 g/mol. The Kier molecular flexibility index (Phi) is 6.14. The van der Waals surface area contributed by atoms with Crippen molar-refractivity contribution in [1.82, 2.24) is 0 Å². The third-order valence-corrected chi connectivity index (χ3v) is 1.41. The molecule has 5 heteroatoms. The highest BCUT2D eigenvalue weighted by molar-refractivity contribution is 9.09. The Morgan fingerprint density at radius 1 is 1.78 bits per heavy atom. The molecule has 0 heterocycles. The number of hydrogen-bond acceptors (Lipinski definition) is 1. The summed E-state index contributed by atoms with van der Waals surface area (Å²) in [5.41, 5.74) is 7.92. The van der Waals surface area contributed by atoms with Gasteiger partial charge < -0.3 is 0 Å². The molecule has 0 aliphatic carbocycles. The minimum Gasteiger partial charge on any atom is -0.0883 e. The van der Waals surface area contributed by atoms with Crippen LogP contribution in [0.3, 0.4) is 0 Å². The van der Waals surface area contributed by atoms with Gasteiger partial charge in [-0.05, 0) is 5.53 Å². The normalized spacial score (nSPS) is 13.1. The fraction of sp³-hybridized carbons (Fsp3) is 0.500. The van der Waals surface area contributed by atoms with Crippen LogP contribution in [0.15, 0.2) is 17.3 Å². The van der Waals surface area contributed by atoms with Crippen LogP contribution >= 0.6 is 31.9 Å². The third kappa shape index (κ3) is 5.89. The molecule has 9 heavy (non-hydrogen) atoms. The number of nitrogens with zero attached hydrogens (tertiary/aromatic N) is 3. The number of hydrogen-bond donors (Lipinski definition) is 0. The van der Waals surface area contributed by atoms with Crippen molar-refractivity contribution in [2.45, 2.75) is 4.95 Å². The van der Waals surface area contributed by atoms with Crippen molar-refractivity contribution >= 4 is 31.9 Å². The molecule has 50 valence electrons. The van der Waals surface area contributed by atoms with Gasteiger partial charge in [-0.1, -0.05) is 49.1 Å². The minimum absolute atomic E-state index is 0.222. The van der Waals surface area contributed by atoms with E-state index in [9.17, 15) is 0 Å². The average Bonchev–Trinajstić information content (AvgIpc) is 1.85. The monoisotopic (exact) mass is 253 g/mol. The highest BCUT2D eigenvalue weighted by atomic mass is 79.9. The van der Waals surface area contributed by atoms with Crippen LogP contribution in [0.5, 0.6) is 0 Å². The number of alkyl halides is 2. The predicted molar refractivity (Wildman–Crippen MR) is 44.8 cm³/mol. The second-order valence-electron chi connectivity index (χ2n) is 1.16. The van der Waals surface area contributed by atoms with E-state index in [2.05, 4.69) is 41.9 Å². The van der Waals surface area contributed by atoms with Gasteiger partial charge in [0.15, 0.2) is 0 Å². The molecule has 0 aromatic carbocycles. The Bertz CT molecular complexity index is 139. The van der Waals surface area contributed by atoms with E-state index >= 15 is 0 Å². The van der Waals surface area contributed by atoms with Gasteiger partial charge in [0, 0.05) is 10.2 Å². The fourth-order valence-electron chi connectivity index (χ4n) is 0.252. The summed E-state index contributed by atoms with van der Waals surface area (Å²) in [6.07, 6.45) is 3.61. The largest absolute Gasteiger partial charge is 0.111 e. The summed E-state index contributed by atoms with van der Waals surface area (Å²) in [7, 11) is 0. The van der Waals surface area contributed by atoms with Gasteiger partial charge in [0.25, 0.3) is 0 Å². The maximum Gasteiger partial charge on any atom is 0.111 e. The van der Waals surface area contributed by atoms with Crippen molar-refractivity contribution in [2.24, 2.45) is 5.11 Å². The third-order valence-electron chi connectivity index (χ3n) is 0.546. The molecular formula is C4H5Br2N3. The number of azide groups is 1. The second kappa shape index (κ2) is 6.13. The van der Waals surface area contributed by atoms with Gasteiger partial charge in [0.05, 0.1) is 0 Å². The van der Waals surface area contributed by atoms with Gasteiger partial charge in [-0.2, -0.15) is 0 Å². The van der Waals surface area contributed by atoms with E-state index in [1.807, 2.05) is 6.08 Å². The molecule has 0 aromatic rings. The molecule has 0 rings (SSSR count). The van der Waals surface area contributed by atoms with Gasteiger partial charge in [-0.3, -0.25) is 0 Å². The van der Waals surface area contributed by atoms with E-state index in [0.29, 0.717) is 0 Å². The lowest BCUT2D eigenvalue weighted by molar-refractivity contribution is 1.15. The number of halogens is 2. The summed E-state index contributed by atoms with van der Waals surface area (Å²) in [4.78, 5) is 2.38. The Balaban J connectivity index is 3.61. The first kappa shape index (κ1) is 9.01. The molecule has 0 fully saturated rings. The molecule has 0 aliphatic rings. The van der Waals surface area contributed by atoms with Crippen LogP contribution in [0.2, 0.25) is 0 Å².